The summed E-state index contributed by atoms with van der Waals surface area (Å²) in [6, 6.07) is 13.1. The molecule has 5 rings (SSSR count). The monoisotopic (exact) mass is 418 g/mol. The summed E-state index contributed by atoms with van der Waals surface area (Å²) in [5.74, 6) is -0.214. The first kappa shape index (κ1) is 18.6. The van der Waals surface area contributed by atoms with Crippen molar-refractivity contribution in [1.29, 1.82) is 0 Å². The van der Waals surface area contributed by atoms with Gasteiger partial charge >= 0.3 is 5.76 Å². The first-order valence-electron chi connectivity index (χ1n) is 9.25. The van der Waals surface area contributed by atoms with Gasteiger partial charge in [0.25, 0.3) is 0 Å². The van der Waals surface area contributed by atoms with Crippen LogP contribution in [0.5, 0.6) is 5.75 Å². The van der Waals surface area contributed by atoms with E-state index in [9.17, 15) is 9.18 Å². The van der Waals surface area contributed by atoms with E-state index in [1.807, 2.05) is 6.07 Å². The molecule has 0 amide bonds. The predicted octanol–water partition coefficient (Wildman–Crippen LogP) is 3.06. The van der Waals surface area contributed by atoms with Gasteiger partial charge in [-0.25, -0.2) is 18.9 Å². The number of fused-ring (bicyclic) bond motifs is 1. The van der Waals surface area contributed by atoms with Crippen LogP contribution in [-0.4, -0.2) is 24.9 Å². The predicted molar refractivity (Wildman–Crippen MR) is 110 cm³/mol. The van der Waals surface area contributed by atoms with Crippen LogP contribution in [0.3, 0.4) is 0 Å². The lowest BCUT2D eigenvalue weighted by Crippen LogP contribution is -2.06. The molecule has 5 aromatic rings. The second kappa shape index (κ2) is 7.41. The Morgan fingerprint density at radius 2 is 2.10 bits per heavy atom. The molecule has 0 fully saturated rings. The molecule has 0 aliphatic heterocycles. The molecule has 0 atom stereocenters. The zero-order valence-corrected chi connectivity index (χ0v) is 15.9. The molecule has 0 saturated carbocycles. The summed E-state index contributed by atoms with van der Waals surface area (Å²) in [6.45, 7) is 0.109. The number of nitrogens with one attached hydrogen (secondary N) is 1. The summed E-state index contributed by atoms with van der Waals surface area (Å²) in [6.07, 6.45) is 3.46. The Hall–Kier alpha value is -4.47. The maximum Gasteiger partial charge on any atom is 0.439 e. The minimum absolute atomic E-state index is 0.109. The van der Waals surface area contributed by atoms with Crippen molar-refractivity contribution >= 4 is 16.7 Å². The van der Waals surface area contributed by atoms with Gasteiger partial charge in [-0.05, 0) is 48.5 Å². The third kappa shape index (κ3) is 3.62. The van der Waals surface area contributed by atoms with Gasteiger partial charge in [-0.1, -0.05) is 5.16 Å². The van der Waals surface area contributed by atoms with E-state index in [-0.39, 0.29) is 18.2 Å². The Morgan fingerprint density at radius 3 is 2.87 bits per heavy atom. The third-order valence-corrected chi connectivity index (χ3v) is 4.70. The van der Waals surface area contributed by atoms with Gasteiger partial charge in [0.15, 0.2) is 17.4 Å². The van der Waals surface area contributed by atoms with E-state index in [0.717, 1.165) is 11.3 Å². The molecule has 0 saturated heterocycles. The van der Waals surface area contributed by atoms with Gasteiger partial charge in [0.2, 0.25) is 0 Å². The van der Waals surface area contributed by atoms with E-state index < -0.39 is 5.76 Å². The Kier molecular flexibility index (Phi) is 4.43. The fourth-order valence-electron chi connectivity index (χ4n) is 3.25. The third-order valence-electron chi connectivity index (χ3n) is 4.70. The van der Waals surface area contributed by atoms with Crippen molar-refractivity contribution in [2.45, 2.75) is 6.61 Å². The number of hydrogen-bond acceptors (Lipinski definition) is 7. The average molecular weight is 418 g/mol. The minimum Gasteiger partial charge on any atom is -0.485 e. The average Bonchev–Trinajstić information content (AvgIpc) is 3.44. The summed E-state index contributed by atoms with van der Waals surface area (Å²) >= 11 is 0. The van der Waals surface area contributed by atoms with Crippen LogP contribution < -0.4 is 16.2 Å². The molecular weight excluding hydrogens is 403 g/mol. The highest BCUT2D eigenvalue weighted by atomic mass is 19.1. The van der Waals surface area contributed by atoms with E-state index >= 15 is 0 Å². The number of aromatic amines is 1. The van der Waals surface area contributed by atoms with Crippen LogP contribution in [0.2, 0.25) is 0 Å². The molecule has 0 radical (unpaired) electrons. The SMILES string of the molecule is Nc1nc2ccc(F)cc2cc1OCc1cc(-c2noc(=O)[nH]2)ccc1-n1cccn1. The molecule has 0 aliphatic rings. The van der Waals surface area contributed by atoms with Crippen molar-refractivity contribution in [3.05, 3.63) is 82.9 Å². The number of hydrogen-bond donors (Lipinski definition) is 2. The van der Waals surface area contributed by atoms with Crippen molar-refractivity contribution in [1.82, 2.24) is 24.9 Å². The molecule has 0 bridgehead atoms. The smallest absolute Gasteiger partial charge is 0.439 e. The Labute approximate surface area is 173 Å². The minimum atomic E-state index is -0.647. The van der Waals surface area contributed by atoms with Crippen molar-refractivity contribution in [3.8, 4) is 22.8 Å². The van der Waals surface area contributed by atoms with Gasteiger partial charge in [-0.3, -0.25) is 9.51 Å². The molecule has 31 heavy (non-hydrogen) atoms. The quantitative estimate of drug-likeness (QED) is 0.449. The summed E-state index contributed by atoms with van der Waals surface area (Å²) in [5.41, 5.74) is 8.74. The number of benzene rings is 2. The van der Waals surface area contributed by atoms with Crippen LogP contribution >= 0.6 is 0 Å². The molecule has 0 aliphatic carbocycles. The number of pyridine rings is 1. The van der Waals surface area contributed by atoms with Crippen molar-refractivity contribution < 1.29 is 13.7 Å². The first-order chi connectivity index (χ1) is 15.1. The fourth-order valence-corrected chi connectivity index (χ4v) is 3.25. The van der Waals surface area contributed by atoms with Crippen molar-refractivity contribution in [2.24, 2.45) is 0 Å². The Bertz CT molecular complexity index is 1440. The zero-order chi connectivity index (χ0) is 21.4. The summed E-state index contributed by atoms with van der Waals surface area (Å²) in [5, 5.41) is 8.56. The second-order valence-electron chi connectivity index (χ2n) is 6.74. The van der Waals surface area contributed by atoms with Crippen LogP contribution in [0.1, 0.15) is 5.56 Å². The van der Waals surface area contributed by atoms with E-state index in [0.29, 0.717) is 28.0 Å². The van der Waals surface area contributed by atoms with Crippen LogP contribution in [-0.2, 0) is 6.61 Å². The summed E-state index contributed by atoms with van der Waals surface area (Å²) < 4.78 is 25.8. The van der Waals surface area contributed by atoms with Gasteiger partial charge in [0.1, 0.15) is 12.4 Å². The van der Waals surface area contributed by atoms with Crippen molar-refractivity contribution in [3.63, 3.8) is 0 Å². The number of nitrogens with two attached hydrogens (primary N) is 1. The highest BCUT2D eigenvalue weighted by Gasteiger charge is 2.13. The number of rotatable bonds is 5. The number of nitrogens with zero attached hydrogens (tertiary/aromatic N) is 4. The number of halogens is 1. The van der Waals surface area contributed by atoms with Crippen LogP contribution in [0.15, 0.2) is 70.2 Å². The standard InChI is InChI=1S/C21H15FN6O3/c22-15-3-4-16-13(9-15)10-18(19(23)25-16)30-11-14-8-12(20-26-21(29)31-27-20)2-5-17(14)28-7-1-6-24-28/h1-10H,11H2,(H2,23,25)(H,26,27,29). The summed E-state index contributed by atoms with van der Waals surface area (Å²) in [7, 11) is 0. The van der Waals surface area contributed by atoms with Crippen LogP contribution in [0.4, 0.5) is 10.2 Å². The van der Waals surface area contributed by atoms with E-state index in [2.05, 4.69) is 24.7 Å². The van der Waals surface area contributed by atoms with Gasteiger partial charge in [0, 0.05) is 28.9 Å². The molecular formula is C21H15FN6O3. The molecule has 9 nitrogen and oxygen atoms in total. The van der Waals surface area contributed by atoms with Gasteiger partial charge in [-0.2, -0.15) is 5.10 Å². The van der Waals surface area contributed by atoms with Crippen LogP contribution in [0, 0.1) is 5.82 Å². The van der Waals surface area contributed by atoms with Gasteiger partial charge < -0.3 is 10.5 Å². The Balaban J connectivity index is 1.52. The number of ether oxygens (including phenoxy) is 1. The fraction of sp³-hybridized carbons (Fsp3) is 0.0476. The van der Waals surface area contributed by atoms with E-state index in [1.54, 1.807) is 47.4 Å². The zero-order valence-electron chi connectivity index (χ0n) is 15.9. The van der Waals surface area contributed by atoms with E-state index in [1.165, 1.54) is 12.1 Å². The molecule has 0 unspecified atom stereocenters. The molecule has 3 aromatic heterocycles. The second-order valence-corrected chi connectivity index (χ2v) is 6.74. The lowest BCUT2D eigenvalue weighted by molar-refractivity contribution is 0.307. The molecule has 154 valence electrons. The normalized spacial score (nSPS) is 11.1. The lowest BCUT2D eigenvalue weighted by Gasteiger charge is -2.14. The van der Waals surface area contributed by atoms with Crippen LogP contribution in [0.25, 0.3) is 28.0 Å². The highest BCUT2D eigenvalue weighted by molar-refractivity contribution is 5.82. The maximum atomic E-state index is 13.6. The molecule has 10 heteroatoms. The summed E-state index contributed by atoms with van der Waals surface area (Å²) in [4.78, 5) is 18.1. The molecule has 3 heterocycles. The highest BCUT2D eigenvalue weighted by Crippen LogP contribution is 2.28. The first-order valence-corrected chi connectivity index (χ1v) is 9.25. The number of nitrogen functional groups attached to an aromatic ring is 1. The lowest BCUT2D eigenvalue weighted by atomic mass is 10.1. The van der Waals surface area contributed by atoms with Crippen molar-refractivity contribution in [2.75, 3.05) is 5.73 Å². The van der Waals surface area contributed by atoms with Gasteiger partial charge in [0.05, 0.1) is 11.2 Å². The molecule has 2 aromatic carbocycles. The van der Waals surface area contributed by atoms with Gasteiger partial charge in [-0.15, -0.1) is 0 Å². The van der Waals surface area contributed by atoms with E-state index in [4.69, 9.17) is 10.5 Å². The molecule has 0 spiro atoms. The largest absolute Gasteiger partial charge is 0.485 e. The molecule has 3 N–H and O–H groups in total. The number of anilines is 1. The number of aromatic nitrogens is 5. The number of H-pyrrole nitrogens is 1. The maximum absolute atomic E-state index is 13.6. The topological polar surface area (TPSA) is 125 Å². The Morgan fingerprint density at radius 1 is 1.19 bits per heavy atom.